The number of carbonyl (C=O) groups excluding carboxylic acids is 1. The molecule has 2 aliphatic heterocycles. The molecule has 35 heavy (non-hydrogen) atoms. The summed E-state index contributed by atoms with van der Waals surface area (Å²) >= 11 is 1.97. The van der Waals surface area contributed by atoms with E-state index in [4.69, 9.17) is 19.2 Å². The van der Waals surface area contributed by atoms with Crippen LogP contribution in [0, 0.1) is 6.92 Å². The predicted molar refractivity (Wildman–Crippen MR) is 142 cm³/mol. The molecule has 11 heteroatoms. The van der Waals surface area contributed by atoms with Crippen molar-refractivity contribution in [1.82, 2.24) is 20.0 Å². The van der Waals surface area contributed by atoms with Gasteiger partial charge in [-0.3, -0.25) is 5.32 Å². The number of benzene rings is 1. The average molecular weight is 589 g/mol. The van der Waals surface area contributed by atoms with E-state index in [9.17, 15) is 4.79 Å². The molecule has 4 heterocycles. The van der Waals surface area contributed by atoms with Crippen LogP contribution in [0.2, 0.25) is 0 Å². The molecule has 0 radical (unpaired) electrons. The van der Waals surface area contributed by atoms with E-state index in [-0.39, 0.29) is 12.1 Å². The van der Waals surface area contributed by atoms with Gasteiger partial charge in [0.1, 0.15) is 11.6 Å². The summed E-state index contributed by atoms with van der Waals surface area (Å²) in [6.07, 6.45) is 0.939. The highest BCUT2D eigenvalue weighted by Crippen LogP contribution is 2.32. The summed E-state index contributed by atoms with van der Waals surface area (Å²) in [5.41, 5.74) is 3.96. The number of aryl methyl sites for hydroxylation is 1. The Morgan fingerprint density at radius 2 is 2.03 bits per heavy atom. The molecule has 1 fully saturated rings. The van der Waals surface area contributed by atoms with Gasteiger partial charge in [0.15, 0.2) is 11.6 Å². The second kappa shape index (κ2) is 10.1. The van der Waals surface area contributed by atoms with Crippen molar-refractivity contribution in [1.29, 1.82) is 0 Å². The molecule has 3 aromatic rings. The fourth-order valence-corrected chi connectivity index (χ4v) is 4.83. The lowest BCUT2D eigenvalue weighted by Crippen LogP contribution is -2.45. The first-order chi connectivity index (χ1) is 16.9. The second-order valence-corrected chi connectivity index (χ2v) is 9.95. The minimum atomic E-state index is -0.316. The molecule has 0 aliphatic carbocycles. The van der Waals surface area contributed by atoms with Crippen molar-refractivity contribution in [2.75, 3.05) is 46.7 Å². The average Bonchev–Trinajstić information content (AvgIpc) is 3.27. The highest BCUT2D eigenvalue weighted by molar-refractivity contribution is 14.1. The fourth-order valence-electron chi connectivity index (χ4n) is 4.39. The maximum Gasteiger partial charge on any atom is 0.336 e. The van der Waals surface area contributed by atoms with Crippen LogP contribution in [-0.4, -0.2) is 65.4 Å². The van der Waals surface area contributed by atoms with Crippen LogP contribution < -0.4 is 13.3 Å². The van der Waals surface area contributed by atoms with Crippen LogP contribution in [0.25, 0.3) is 11.4 Å². The Bertz CT molecular complexity index is 1220. The van der Waals surface area contributed by atoms with Crippen LogP contribution in [0.3, 0.4) is 0 Å². The highest BCUT2D eigenvalue weighted by Gasteiger charge is 2.28. The molecule has 1 N–H and O–H groups in total. The number of hydrogen-bond acceptors (Lipinski definition) is 8. The molecule has 0 spiro atoms. The van der Waals surface area contributed by atoms with Crippen LogP contribution in [0.1, 0.15) is 23.9 Å². The van der Waals surface area contributed by atoms with Gasteiger partial charge in [0, 0.05) is 36.8 Å². The number of hydrogen-bond donors (Lipinski definition) is 1. The number of rotatable bonds is 4. The summed E-state index contributed by atoms with van der Waals surface area (Å²) in [6, 6.07) is 9.30. The van der Waals surface area contributed by atoms with Crippen LogP contribution in [-0.2, 0) is 17.7 Å². The number of ether oxygens (including phenoxy) is 1. The lowest BCUT2D eigenvalue weighted by Gasteiger charge is -2.37. The van der Waals surface area contributed by atoms with E-state index >= 15 is 0 Å². The summed E-state index contributed by atoms with van der Waals surface area (Å²) in [7, 11) is 2.12. The van der Waals surface area contributed by atoms with E-state index in [0.717, 1.165) is 48.8 Å². The van der Waals surface area contributed by atoms with Gasteiger partial charge in [-0.25, -0.2) is 17.9 Å². The molecular formula is C24H28IN7O3. The van der Waals surface area contributed by atoms with E-state index in [2.05, 4.69) is 34.2 Å². The van der Waals surface area contributed by atoms with Crippen molar-refractivity contribution in [3.63, 3.8) is 0 Å². The van der Waals surface area contributed by atoms with E-state index in [1.165, 1.54) is 8.68 Å². The molecule has 184 valence electrons. The number of morpholine rings is 1. The third kappa shape index (κ3) is 5.11. The number of likely N-dealkylation sites (N-methyl/N-ethyl adjacent to an activating group) is 1. The summed E-state index contributed by atoms with van der Waals surface area (Å²) in [5, 5.41) is 6.53. The smallest absolute Gasteiger partial charge is 0.336 e. The number of nitrogens with one attached hydrogen (secondary N) is 1. The van der Waals surface area contributed by atoms with Crippen molar-refractivity contribution in [2.45, 2.75) is 32.9 Å². The maximum absolute atomic E-state index is 12.6. The van der Waals surface area contributed by atoms with Gasteiger partial charge in [0.05, 0.1) is 53.5 Å². The number of nitrogens with zero attached hydrogens (tertiary/aromatic N) is 6. The molecule has 1 atom stereocenters. The number of carbonyl (C=O) groups is 1. The first-order valence-corrected chi connectivity index (χ1v) is 12.6. The molecular weight excluding hydrogens is 561 g/mol. The van der Waals surface area contributed by atoms with E-state index in [1.807, 2.05) is 47.1 Å². The third-order valence-electron chi connectivity index (χ3n) is 6.27. The van der Waals surface area contributed by atoms with Crippen molar-refractivity contribution in [3.8, 4) is 11.4 Å². The topological polar surface area (TPSA) is 99.9 Å². The van der Waals surface area contributed by atoms with Gasteiger partial charge < -0.3 is 19.1 Å². The summed E-state index contributed by atoms with van der Waals surface area (Å²) in [4.78, 5) is 27.3. The summed E-state index contributed by atoms with van der Waals surface area (Å²) < 4.78 is 12.2. The zero-order chi connectivity index (χ0) is 24.5. The van der Waals surface area contributed by atoms with Crippen molar-refractivity contribution < 1.29 is 14.1 Å². The Labute approximate surface area is 218 Å². The molecule has 1 unspecified atom stereocenters. The van der Waals surface area contributed by atoms with Gasteiger partial charge in [-0.2, -0.15) is 0 Å². The number of halogens is 1. The van der Waals surface area contributed by atoms with Crippen LogP contribution >= 0.6 is 22.9 Å². The van der Waals surface area contributed by atoms with Crippen molar-refractivity contribution in [2.24, 2.45) is 0 Å². The number of aromatic nitrogens is 3. The molecule has 2 aromatic heterocycles. The standard InChI is InChI=1S/C24H28IN7O3/c1-15-14-34-11-10-31(15)23-19-8-9-30(3)13-20(19)26-22(28-23)17-4-6-18(7-5-17)32(25)24(33)27-21-12-16(2)35-29-21/h4-7,12,15H,8-11,13-14H2,1-3H3,(H,27,29,33). The highest BCUT2D eigenvalue weighted by atomic mass is 127. The minimum absolute atomic E-state index is 0.261. The molecule has 5 rings (SSSR count). The molecule has 2 aliphatic rings. The first-order valence-electron chi connectivity index (χ1n) is 11.6. The molecule has 2 amide bonds. The fraction of sp³-hybridized carbons (Fsp3) is 0.417. The van der Waals surface area contributed by atoms with E-state index in [1.54, 1.807) is 13.0 Å². The Hall–Kier alpha value is -2.77. The minimum Gasteiger partial charge on any atom is -0.377 e. The molecule has 10 nitrogen and oxygen atoms in total. The SMILES string of the molecule is Cc1cc(NC(=O)N(I)c2ccc(-c3nc4c(c(N5CCOCC5C)n3)CCN(C)C4)cc2)no1. The van der Waals surface area contributed by atoms with E-state index in [0.29, 0.717) is 30.6 Å². The molecule has 1 aromatic carbocycles. The maximum atomic E-state index is 12.6. The number of urea groups is 1. The van der Waals surface area contributed by atoms with Gasteiger partial charge in [0.25, 0.3) is 0 Å². The predicted octanol–water partition coefficient (Wildman–Crippen LogP) is 4.04. The lowest BCUT2D eigenvalue weighted by molar-refractivity contribution is 0.0983. The van der Waals surface area contributed by atoms with Gasteiger partial charge in [-0.05, 0) is 51.6 Å². The van der Waals surface area contributed by atoms with Gasteiger partial charge in [-0.15, -0.1) is 0 Å². The number of amides is 2. The van der Waals surface area contributed by atoms with Gasteiger partial charge in [0.2, 0.25) is 0 Å². The summed E-state index contributed by atoms with van der Waals surface area (Å²) in [6.45, 7) is 7.98. The Morgan fingerprint density at radius 3 is 2.74 bits per heavy atom. The van der Waals surface area contributed by atoms with Gasteiger partial charge in [-0.1, -0.05) is 5.16 Å². The molecule has 0 bridgehead atoms. The van der Waals surface area contributed by atoms with Crippen molar-refractivity contribution in [3.05, 3.63) is 47.3 Å². The Kier molecular flexibility index (Phi) is 6.89. The number of anilines is 3. The van der Waals surface area contributed by atoms with E-state index < -0.39 is 0 Å². The normalized spacial score (nSPS) is 18.3. The largest absolute Gasteiger partial charge is 0.377 e. The Balaban J connectivity index is 1.41. The third-order valence-corrected chi connectivity index (χ3v) is 7.26. The quantitative estimate of drug-likeness (QED) is 0.360. The Morgan fingerprint density at radius 1 is 1.23 bits per heavy atom. The number of fused-ring (bicyclic) bond motifs is 1. The first kappa shape index (κ1) is 23.9. The molecule has 1 saturated heterocycles. The van der Waals surface area contributed by atoms with Crippen LogP contribution in [0.15, 0.2) is 34.9 Å². The van der Waals surface area contributed by atoms with Crippen LogP contribution in [0.4, 0.5) is 22.1 Å². The van der Waals surface area contributed by atoms with Gasteiger partial charge >= 0.3 is 6.03 Å². The zero-order valence-electron chi connectivity index (χ0n) is 20.0. The lowest BCUT2D eigenvalue weighted by atomic mass is 10.0. The second-order valence-electron chi connectivity index (χ2n) is 8.98. The zero-order valence-corrected chi connectivity index (χ0v) is 22.2. The monoisotopic (exact) mass is 589 g/mol. The van der Waals surface area contributed by atoms with Crippen LogP contribution in [0.5, 0.6) is 0 Å². The van der Waals surface area contributed by atoms with Crippen molar-refractivity contribution >= 4 is 46.2 Å². The molecule has 0 saturated carbocycles. The summed E-state index contributed by atoms with van der Waals surface area (Å²) in [5.74, 6) is 2.73.